The molecule has 12 heavy (non-hydrogen) atoms. The predicted octanol–water partition coefficient (Wildman–Crippen LogP) is 0.276. The number of hydrazine groups is 1. The molecule has 0 unspecified atom stereocenters. The summed E-state index contributed by atoms with van der Waals surface area (Å²) < 4.78 is 0. The van der Waals surface area contributed by atoms with Crippen molar-refractivity contribution in [3.05, 3.63) is 0 Å². The minimum absolute atomic E-state index is 0.883. The van der Waals surface area contributed by atoms with E-state index in [-0.39, 0.29) is 0 Å². The second kappa shape index (κ2) is 3.32. The number of nitrogens with two attached hydrogens (primary N) is 1. The molecule has 0 amide bonds. The number of hydrogen-bond acceptors (Lipinski definition) is 3. The second-order valence-electron chi connectivity index (χ2n) is 4.30. The highest BCUT2D eigenvalue weighted by Gasteiger charge is 2.31. The molecule has 2 rings (SSSR count). The molecule has 0 bridgehead atoms. The first kappa shape index (κ1) is 8.48. The quantitative estimate of drug-likeness (QED) is 0.572. The minimum atomic E-state index is 0.883. The van der Waals surface area contributed by atoms with E-state index in [9.17, 15) is 0 Å². The summed E-state index contributed by atoms with van der Waals surface area (Å²) in [5.74, 6) is 6.65. The number of nitrogens with zero attached hydrogens (tertiary/aromatic N) is 2. The summed E-state index contributed by atoms with van der Waals surface area (Å²) in [4.78, 5) is 2.60. The molecule has 3 heteroatoms. The Morgan fingerprint density at radius 1 is 1.08 bits per heavy atom. The molecule has 0 aromatic heterocycles. The summed E-state index contributed by atoms with van der Waals surface area (Å²) in [5, 5.41) is 1.93. The van der Waals surface area contributed by atoms with E-state index in [0.717, 1.165) is 25.0 Å². The zero-order chi connectivity index (χ0) is 8.55. The molecular weight excluding hydrogens is 150 g/mol. The van der Waals surface area contributed by atoms with E-state index in [2.05, 4.69) is 11.8 Å². The first-order chi connectivity index (χ1) is 5.75. The average Bonchev–Trinajstić information content (AvgIpc) is 2.01. The van der Waals surface area contributed by atoms with E-state index in [0.29, 0.717) is 0 Å². The van der Waals surface area contributed by atoms with Gasteiger partial charge in [0.2, 0.25) is 0 Å². The van der Waals surface area contributed by atoms with Gasteiger partial charge in [-0.05, 0) is 18.8 Å². The van der Waals surface area contributed by atoms with E-state index in [1.807, 2.05) is 5.01 Å². The van der Waals surface area contributed by atoms with Crippen LogP contribution in [0.1, 0.15) is 19.8 Å². The largest absolute Gasteiger partial charge is 0.298 e. The van der Waals surface area contributed by atoms with Gasteiger partial charge in [0.1, 0.15) is 0 Å². The van der Waals surface area contributed by atoms with Crippen LogP contribution in [0, 0.1) is 5.92 Å². The zero-order valence-electron chi connectivity index (χ0n) is 7.87. The van der Waals surface area contributed by atoms with Gasteiger partial charge in [0.15, 0.2) is 0 Å². The van der Waals surface area contributed by atoms with Gasteiger partial charge in [0.25, 0.3) is 0 Å². The Bertz CT molecular complexity index is 146. The lowest BCUT2D eigenvalue weighted by Gasteiger charge is -2.44. The van der Waals surface area contributed by atoms with Gasteiger partial charge in [-0.2, -0.15) is 0 Å². The fourth-order valence-electron chi connectivity index (χ4n) is 2.26. The lowest BCUT2D eigenvalue weighted by Crippen LogP contribution is -2.55. The van der Waals surface area contributed by atoms with Gasteiger partial charge in [0, 0.05) is 32.2 Å². The van der Waals surface area contributed by atoms with E-state index in [1.54, 1.807) is 0 Å². The Labute approximate surface area is 74.5 Å². The van der Waals surface area contributed by atoms with Crippen LogP contribution in [0.5, 0.6) is 0 Å². The van der Waals surface area contributed by atoms with Crippen molar-refractivity contribution in [2.75, 3.05) is 26.2 Å². The van der Waals surface area contributed by atoms with Crippen molar-refractivity contribution < 1.29 is 0 Å². The Balaban J connectivity index is 1.75. The van der Waals surface area contributed by atoms with Crippen LogP contribution >= 0.6 is 0 Å². The van der Waals surface area contributed by atoms with Gasteiger partial charge in [-0.15, -0.1) is 0 Å². The molecule has 0 aromatic rings. The van der Waals surface area contributed by atoms with E-state index in [1.165, 1.54) is 25.9 Å². The smallest absolute Gasteiger partial charge is 0.0257 e. The summed E-state index contributed by atoms with van der Waals surface area (Å²) in [6.45, 7) is 6.78. The van der Waals surface area contributed by atoms with Crippen LogP contribution in [0.4, 0.5) is 0 Å². The lowest BCUT2D eigenvalue weighted by molar-refractivity contribution is 0.0381. The molecule has 1 aliphatic carbocycles. The van der Waals surface area contributed by atoms with Gasteiger partial charge in [0.05, 0.1) is 0 Å². The van der Waals surface area contributed by atoms with Crippen molar-refractivity contribution in [1.29, 1.82) is 0 Å². The minimum Gasteiger partial charge on any atom is -0.298 e. The highest BCUT2D eigenvalue weighted by Crippen LogP contribution is 2.31. The Hall–Kier alpha value is -0.120. The third kappa shape index (κ3) is 1.63. The molecule has 0 atom stereocenters. The maximum Gasteiger partial charge on any atom is 0.0257 e. The number of piperazine rings is 1. The second-order valence-corrected chi connectivity index (χ2v) is 4.30. The molecule has 0 radical (unpaired) electrons. The molecule has 3 nitrogen and oxygen atoms in total. The molecule has 1 saturated carbocycles. The van der Waals surface area contributed by atoms with Crippen molar-refractivity contribution >= 4 is 0 Å². The number of rotatable bonds is 1. The topological polar surface area (TPSA) is 32.5 Å². The molecule has 0 aromatic carbocycles. The molecule has 1 saturated heterocycles. The van der Waals surface area contributed by atoms with Crippen molar-refractivity contribution in [3.63, 3.8) is 0 Å². The maximum atomic E-state index is 5.69. The summed E-state index contributed by atoms with van der Waals surface area (Å²) in [5.41, 5.74) is 0. The Morgan fingerprint density at radius 2 is 1.67 bits per heavy atom. The molecule has 2 aliphatic rings. The van der Waals surface area contributed by atoms with Crippen LogP contribution in [0.2, 0.25) is 0 Å². The van der Waals surface area contributed by atoms with Crippen molar-refractivity contribution in [3.8, 4) is 0 Å². The maximum absolute atomic E-state index is 5.69. The molecular formula is C9H19N3. The third-order valence-electron chi connectivity index (χ3n) is 3.21. The lowest BCUT2D eigenvalue weighted by atomic mass is 9.80. The van der Waals surface area contributed by atoms with E-state index >= 15 is 0 Å². The molecule has 70 valence electrons. The summed E-state index contributed by atoms with van der Waals surface area (Å²) in [6.07, 6.45) is 2.81. The van der Waals surface area contributed by atoms with E-state index in [4.69, 9.17) is 5.84 Å². The normalized spacial score (nSPS) is 39.5. The van der Waals surface area contributed by atoms with Gasteiger partial charge < -0.3 is 0 Å². The first-order valence-electron chi connectivity index (χ1n) is 4.99. The van der Waals surface area contributed by atoms with E-state index < -0.39 is 0 Å². The Morgan fingerprint density at radius 3 is 2.17 bits per heavy atom. The van der Waals surface area contributed by atoms with Crippen molar-refractivity contribution in [2.24, 2.45) is 11.8 Å². The van der Waals surface area contributed by atoms with Crippen LogP contribution in [0.25, 0.3) is 0 Å². The SMILES string of the molecule is C[C@H]1C[C@H](N2CCN(N)CC2)C1. The van der Waals surface area contributed by atoms with Crippen LogP contribution in [-0.4, -0.2) is 42.1 Å². The molecule has 1 aliphatic heterocycles. The monoisotopic (exact) mass is 169 g/mol. The first-order valence-corrected chi connectivity index (χ1v) is 4.99. The molecule has 2 N–H and O–H groups in total. The Kier molecular flexibility index (Phi) is 2.35. The fraction of sp³-hybridized carbons (Fsp3) is 1.00. The molecule has 0 spiro atoms. The average molecular weight is 169 g/mol. The predicted molar refractivity (Wildman–Crippen MR) is 49.5 cm³/mol. The van der Waals surface area contributed by atoms with Gasteiger partial charge >= 0.3 is 0 Å². The van der Waals surface area contributed by atoms with Crippen molar-refractivity contribution in [1.82, 2.24) is 9.91 Å². The standard InChI is InChI=1S/C9H19N3/c1-8-6-9(7-8)11-2-4-12(10)5-3-11/h8-9H,2-7,10H2,1H3/t8-,9-. The summed E-state index contributed by atoms with van der Waals surface area (Å²) in [6, 6.07) is 0.883. The van der Waals surface area contributed by atoms with Gasteiger partial charge in [-0.1, -0.05) is 6.92 Å². The highest BCUT2D eigenvalue weighted by molar-refractivity contribution is 4.86. The summed E-state index contributed by atoms with van der Waals surface area (Å²) in [7, 11) is 0. The molecule has 2 fully saturated rings. The zero-order valence-corrected chi connectivity index (χ0v) is 7.87. The van der Waals surface area contributed by atoms with Gasteiger partial charge in [-0.25, -0.2) is 5.01 Å². The van der Waals surface area contributed by atoms with Gasteiger partial charge in [-0.3, -0.25) is 10.7 Å². The van der Waals surface area contributed by atoms with Crippen LogP contribution in [0.15, 0.2) is 0 Å². The van der Waals surface area contributed by atoms with Crippen LogP contribution < -0.4 is 5.84 Å². The number of hydrogen-bond donors (Lipinski definition) is 1. The van der Waals surface area contributed by atoms with Crippen molar-refractivity contribution in [2.45, 2.75) is 25.8 Å². The van der Waals surface area contributed by atoms with Crippen LogP contribution in [0.3, 0.4) is 0 Å². The van der Waals surface area contributed by atoms with Crippen LogP contribution in [-0.2, 0) is 0 Å². The summed E-state index contributed by atoms with van der Waals surface area (Å²) >= 11 is 0. The molecule has 1 heterocycles. The fourth-order valence-corrected chi connectivity index (χ4v) is 2.26. The third-order valence-corrected chi connectivity index (χ3v) is 3.21. The highest BCUT2D eigenvalue weighted by atomic mass is 15.4.